The fourth-order valence-electron chi connectivity index (χ4n) is 9.19. The summed E-state index contributed by atoms with van der Waals surface area (Å²) in [5, 5.41) is 9.11. The minimum atomic E-state index is 0.373. The largest absolute Gasteiger partial charge is 0.208 e. The molecule has 232 valence electrons. The van der Waals surface area contributed by atoms with E-state index in [1.165, 1.54) is 44.1 Å². The third kappa shape index (κ3) is 5.30. The van der Waals surface area contributed by atoms with Crippen molar-refractivity contribution in [3.8, 4) is 62.5 Å². The summed E-state index contributed by atoms with van der Waals surface area (Å²) in [5.74, 6) is 4.84. The smallest absolute Gasteiger partial charge is 0.164 e. The summed E-state index contributed by atoms with van der Waals surface area (Å²) in [7, 11) is 0. The minimum Gasteiger partial charge on any atom is -0.208 e. The lowest BCUT2D eigenvalue weighted by Gasteiger charge is -2.57. The highest BCUT2D eigenvalue weighted by Gasteiger charge is 2.51. The van der Waals surface area contributed by atoms with Crippen molar-refractivity contribution in [3.63, 3.8) is 0 Å². The third-order valence-electron chi connectivity index (χ3n) is 11.2. The van der Waals surface area contributed by atoms with E-state index in [0.29, 0.717) is 28.5 Å². The number of aromatic nitrogens is 3. The SMILES string of the molecule is N#Cc1ccc(-c2ccc(-c3ccc(-c4nc(-c5ccccc5)nc(-c5ccc(C67CC8CC(CC(C8)C6)C7)cc5)n4)cc3)cc2)cc1. The molecule has 0 saturated heterocycles. The number of hydrogen-bond donors (Lipinski definition) is 0. The highest BCUT2D eigenvalue weighted by atomic mass is 15.0. The average molecular weight is 621 g/mol. The van der Waals surface area contributed by atoms with Gasteiger partial charge in [0.05, 0.1) is 11.6 Å². The molecule has 0 aliphatic heterocycles. The first kappa shape index (κ1) is 28.8. The topological polar surface area (TPSA) is 62.5 Å². The van der Waals surface area contributed by atoms with Crippen LogP contribution in [0.3, 0.4) is 0 Å². The number of nitriles is 1. The Morgan fingerprint density at radius 2 is 0.792 bits per heavy atom. The van der Waals surface area contributed by atoms with Crippen molar-refractivity contribution >= 4 is 0 Å². The zero-order chi connectivity index (χ0) is 32.1. The molecular formula is C44H36N4. The Bertz CT molecular complexity index is 2090. The summed E-state index contributed by atoms with van der Waals surface area (Å²) in [4.78, 5) is 15.0. The van der Waals surface area contributed by atoms with Crippen LogP contribution in [0.2, 0.25) is 0 Å². The van der Waals surface area contributed by atoms with Gasteiger partial charge in [-0.2, -0.15) is 5.26 Å². The maximum absolute atomic E-state index is 9.11. The van der Waals surface area contributed by atoms with Crippen LogP contribution in [0, 0.1) is 29.1 Å². The second-order valence-corrected chi connectivity index (χ2v) is 14.3. The highest BCUT2D eigenvalue weighted by Crippen LogP contribution is 2.60. The molecule has 1 heterocycles. The highest BCUT2D eigenvalue weighted by molar-refractivity contribution is 5.73. The van der Waals surface area contributed by atoms with Crippen LogP contribution in [0.5, 0.6) is 0 Å². The Balaban J connectivity index is 1.02. The summed E-state index contributed by atoms with van der Waals surface area (Å²) < 4.78 is 0. The van der Waals surface area contributed by atoms with Crippen molar-refractivity contribution in [2.75, 3.05) is 0 Å². The van der Waals surface area contributed by atoms with Gasteiger partial charge >= 0.3 is 0 Å². The van der Waals surface area contributed by atoms with Crippen LogP contribution in [0.1, 0.15) is 49.7 Å². The lowest BCUT2D eigenvalue weighted by Crippen LogP contribution is -2.48. The first-order valence-corrected chi connectivity index (χ1v) is 17.2. The molecule has 0 atom stereocenters. The van der Waals surface area contributed by atoms with Crippen molar-refractivity contribution in [2.45, 2.75) is 43.9 Å². The quantitative estimate of drug-likeness (QED) is 0.186. The van der Waals surface area contributed by atoms with Crippen LogP contribution < -0.4 is 0 Å². The van der Waals surface area contributed by atoms with E-state index in [9.17, 15) is 0 Å². The van der Waals surface area contributed by atoms with Gasteiger partial charge in [0.25, 0.3) is 0 Å². The molecule has 0 radical (unpaired) electrons. The van der Waals surface area contributed by atoms with Gasteiger partial charge in [-0.05, 0) is 102 Å². The number of rotatable bonds is 6. The number of nitrogens with zero attached hydrogens (tertiary/aromatic N) is 4. The Hall–Kier alpha value is -5.40. The summed E-state index contributed by atoms with van der Waals surface area (Å²) in [6.07, 6.45) is 8.47. The Morgan fingerprint density at radius 1 is 0.438 bits per heavy atom. The first-order chi connectivity index (χ1) is 23.6. The third-order valence-corrected chi connectivity index (χ3v) is 11.2. The second kappa shape index (κ2) is 11.7. The molecule has 4 aliphatic carbocycles. The normalized spacial score (nSPS) is 22.4. The zero-order valence-corrected chi connectivity index (χ0v) is 26.9. The van der Waals surface area contributed by atoms with Crippen molar-refractivity contribution in [1.29, 1.82) is 5.26 Å². The lowest BCUT2D eigenvalue weighted by atomic mass is 9.48. The summed E-state index contributed by atoms with van der Waals surface area (Å²) in [6, 6.07) is 46.3. The summed E-state index contributed by atoms with van der Waals surface area (Å²) >= 11 is 0. The molecule has 5 aromatic carbocycles. The molecule has 1 aromatic heterocycles. The van der Waals surface area contributed by atoms with Crippen molar-refractivity contribution < 1.29 is 0 Å². The fourth-order valence-corrected chi connectivity index (χ4v) is 9.19. The molecular weight excluding hydrogens is 585 g/mol. The lowest BCUT2D eigenvalue weighted by molar-refractivity contribution is -0.00518. The van der Waals surface area contributed by atoms with Gasteiger partial charge in [-0.25, -0.2) is 15.0 Å². The molecule has 4 aliphatic rings. The van der Waals surface area contributed by atoms with Crippen LogP contribution in [0.15, 0.2) is 127 Å². The van der Waals surface area contributed by atoms with Crippen molar-refractivity contribution in [2.24, 2.45) is 17.8 Å². The molecule has 0 spiro atoms. The van der Waals surface area contributed by atoms with Crippen molar-refractivity contribution in [1.82, 2.24) is 15.0 Å². The molecule has 4 fully saturated rings. The van der Waals surface area contributed by atoms with Gasteiger partial charge in [-0.1, -0.05) is 115 Å². The Labute approximate surface area is 282 Å². The van der Waals surface area contributed by atoms with Gasteiger partial charge in [-0.15, -0.1) is 0 Å². The fraction of sp³-hybridized carbons (Fsp3) is 0.227. The monoisotopic (exact) mass is 620 g/mol. The molecule has 4 heteroatoms. The van der Waals surface area contributed by atoms with E-state index in [1.54, 1.807) is 0 Å². The van der Waals surface area contributed by atoms with Crippen LogP contribution in [-0.2, 0) is 5.41 Å². The van der Waals surface area contributed by atoms with Gasteiger partial charge in [0.15, 0.2) is 17.5 Å². The predicted octanol–water partition coefficient (Wildman–Crippen LogP) is 10.5. The molecule has 6 aromatic rings. The van der Waals surface area contributed by atoms with E-state index in [1.807, 2.05) is 42.5 Å². The van der Waals surface area contributed by atoms with Crippen LogP contribution >= 0.6 is 0 Å². The van der Waals surface area contributed by atoms with Gasteiger partial charge in [0.2, 0.25) is 0 Å². The molecule has 4 nitrogen and oxygen atoms in total. The van der Waals surface area contributed by atoms with Crippen LogP contribution in [0.25, 0.3) is 56.4 Å². The van der Waals surface area contributed by atoms with E-state index in [0.717, 1.165) is 56.7 Å². The number of benzene rings is 5. The minimum absolute atomic E-state index is 0.373. The number of hydrogen-bond acceptors (Lipinski definition) is 4. The van der Waals surface area contributed by atoms with E-state index < -0.39 is 0 Å². The maximum atomic E-state index is 9.11. The summed E-state index contributed by atoms with van der Waals surface area (Å²) in [5.41, 5.74) is 10.0. The summed E-state index contributed by atoms with van der Waals surface area (Å²) in [6.45, 7) is 0. The first-order valence-electron chi connectivity index (χ1n) is 17.2. The van der Waals surface area contributed by atoms with Gasteiger partial charge in [0, 0.05) is 16.7 Å². The van der Waals surface area contributed by atoms with Crippen LogP contribution in [-0.4, -0.2) is 15.0 Å². The van der Waals surface area contributed by atoms with E-state index in [2.05, 4.69) is 91.0 Å². The second-order valence-electron chi connectivity index (χ2n) is 14.3. The maximum Gasteiger partial charge on any atom is 0.164 e. The Kier molecular flexibility index (Phi) is 7.01. The Morgan fingerprint density at radius 3 is 1.21 bits per heavy atom. The van der Waals surface area contributed by atoms with Crippen molar-refractivity contribution in [3.05, 3.63) is 139 Å². The van der Waals surface area contributed by atoms with Gasteiger partial charge in [-0.3, -0.25) is 0 Å². The van der Waals surface area contributed by atoms with E-state index in [-0.39, 0.29) is 0 Å². The van der Waals surface area contributed by atoms with Gasteiger partial charge in [0.1, 0.15) is 0 Å². The van der Waals surface area contributed by atoms with E-state index >= 15 is 0 Å². The average Bonchev–Trinajstić information content (AvgIpc) is 3.15. The van der Waals surface area contributed by atoms with Crippen LogP contribution in [0.4, 0.5) is 0 Å². The standard InChI is InChI=1S/C44H36N4/c45-28-29-6-8-33(9-7-29)34-10-12-35(13-11-34)36-14-16-38(17-15-36)42-46-41(37-4-2-1-3-5-37)47-43(48-42)39-18-20-40(21-19-39)44-25-30-22-31(26-44)24-32(23-30)27-44/h1-21,30-32H,22-27H2. The molecule has 10 rings (SSSR count). The predicted molar refractivity (Wildman–Crippen MR) is 192 cm³/mol. The molecule has 0 unspecified atom stereocenters. The molecule has 0 N–H and O–H groups in total. The molecule has 48 heavy (non-hydrogen) atoms. The molecule has 4 bridgehead atoms. The zero-order valence-electron chi connectivity index (χ0n) is 26.9. The van der Waals surface area contributed by atoms with E-state index in [4.69, 9.17) is 20.2 Å². The molecule has 4 saturated carbocycles. The molecule has 0 amide bonds. The van der Waals surface area contributed by atoms with Gasteiger partial charge < -0.3 is 0 Å².